The summed E-state index contributed by atoms with van der Waals surface area (Å²) < 4.78 is 47.6. The number of aromatic nitrogens is 2. The van der Waals surface area contributed by atoms with E-state index in [0.29, 0.717) is 4.57 Å². The Morgan fingerprint density at radius 1 is 1.52 bits per heavy atom. The van der Waals surface area contributed by atoms with Crippen molar-refractivity contribution in [2.45, 2.75) is 32.1 Å². The first-order valence-electron chi connectivity index (χ1n) is 9.26. The summed E-state index contributed by atoms with van der Waals surface area (Å²) in [6.45, 7) is -2.99. The molecule has 0 saturated heterocycles. The van der Waals surface area contributed by atoms with Crippen molar-refractivity contribution in [2.75, 3.05) is 5.73 Å². The first-order chi connectivity index (χ1) is 12.4. The number of carbonyl (C=O) groups is 2. The lowest BCUT2D eigenvalue weighted by Crippen LogP contribution is -2.36. The average molecular weight is 291 g/mol. The van der Waals surface area contributed by atoms with Crippen molar-refractivity contribution in [3.8, 4) is 0 Å². The number of hydrogen-bond donors (Lipinski definition) is 1. The van der Waals surface area contributed by atoms with Gasteiger partial charge in [-0.25, -0.2) is 4.98 Å². The van der Waals surface area contributed by atoms with Crippen LogP contribution < -0.4 is 11.3 Å². The number of nitrogens with two attached hydrogens (primary N) is 1. The summed E-state index contributed by atoms with van der Waals surface area (Å²) in [4.78, 5) is 41.1. The Labute approximate surface area is 129 Å². The third-order valence-electron chi connectivity index (χ3n) is 3.27. The maximum absolute atomic E-state index is 13.1. The van der Waals surface area contributed by atoms with Crippen LogP contribution in [0.1, 0.15) is 39.3 Å². The highest BCUT2D eigenvalue weighted by atomic mass is 16.2. The second-order valence-electron chi connectivity index (χ2n) is 4.68. The van der Waals surface area contributed by atoms with Crippen LogP contribution in [0.2, 0.25) is 0 Å². The summed E-state index contributed by atoms with van der Waals surface area (Å²) in [5.74, 6) is -2.47. The van der Waals surface area contributed by atoms with Crippen molar-refractivity contribution in [3.63, 3.8) is 0 Å². The molecule has 2 atom stereocenters. The van der Waals surface area contributed by atoms with E-state index in [1.807, 2.05) is 0 Å². The molecule has 0 bridgehead atoms. The van der Waals surface area contributed by atoms with Gasteiger partial charge in [-0.1, -0.05) is 6.04 Å². The maximum atomic E-state index is 13.1. The lowest BCUT2D eigenvalue weighted by atomic mass is 9.92. The van der Waals surface area contributed by atoms with Crippen molar-refractivity contribution in [1.82, 2.24) is 9.55 Å². The minimum atomic E-state index is -2.99. The van der Waals surface area contributed by atoms with E-state index in [-0.39, 0.29) is 22.6 Å². The summed E-state index contributed by atoms with van der Waals surface area (Å²) in [7, 11) is 0. The summed E-state index contributed by atoms with van der Waals surface area (Å²) in [5, 5.41) is -0.248. The molecule has 6 nitrogen and oxygen atoms in total. The van der Waals surface area contributed by atoms with Gasteiger partial charge in [-0.05, 0) is 25.4 Å². The predicted octanol–water partition coefficient (Wildman–Crippen LogP) is 1.15. The number of anilines is 1. The number of hydrogen-bond acceptors (Lipinski definition) is 5. The highest BCUT2D eigenvalue weighted by molar-refractivity contribution is 6.03. The van der Waals surface area contributed by atoms with Crippen LogP contribution in [0.15, 0.2) is 23.0 Å². The lowest BCUT2D eigenvalue weighted by Gasteiger charge is -2.24. The maximum Gasteiger partial charge on any atom is 0.264 e. The zero-order valence-corrected chi connectivity index (χ0v) is 10.8. The van der Waals surface area contributed by atoms with Gasteiger partial charge < -0.3 is 5.73 Å². The minimum Gasteiger partial charge on any atom is -0.398 e. The molecule has 1 aliphatic rings. The number of carbonyl (C=O) groups excluding carboxylic acids is 2. The molecular weight excluding hydrogens is 270 g/mol. The molecule has 1 saturated carbocycles. The van der Waals surface area contributed by atoms with Crippen LogP contribution in [0.3, 0.4) is 0 Å². The van der Waals surface area contributed by atoms with Crippen LogP contribution in [0.5, 0.6) is 0 Å². The number of nitrogens with zero attached hydrogens (tertiary/aromatic N) is 2. The van der Waals surface area contributed by atoms with Gasteiger partial charge in [-0.2, -0.15) is 0 Å². The van der Waals surface area contributed by atoms with Crippen LogP contribution in [0.4, 0.5) is 5.69 Å². The molecule has 0 radical (unpaired) electrons. The van der Waals surface area contributed by atoms with E-state index in [2.05, 4.69) is 4.98 Å². The quantitative estimate of drug-likeness (QED) is 0.628. The van der Waals surface area contributed by atoms with Gasteiger partial charge in [0.05, 0.1) is 26.1 Å². The Morgan fingerprint density at radius 3 is 3.05 bits per heavy atom. The smallest absolute Gasteiger partial charge is 0.264 e. The van der Waals surface area contributed by atoms with E-state index in [0.717, 1.165) is 12.1 Å². The second-order valence-corrected chi connectivity index (χ2v) is 4.68. The minimum absolute atomic E-state index is 0.0977. The Kier molecular flexibility index (Phi) is 1.84. The zero-order chi connectivity index (χ0) is 20.3. The number of fused-ring (bicyclic) bond motifs is 1. The number of aryl methyl sites for hydroxylation is 1. The van der Waals surface area contributed by atoms with Crippen molar-refractivity contribution in [3.05, 3.63) is 34.4 Å². The van der Waals surface area contributed by atoms with Crippen molar-refractivity contribution in [1.29, 1.82) is 0 Å². The molecule has 1 aromatic carbocycles. The van der Waals surface area contributed by atoms with Gasteiger partial charge in [0.15, 0.2) is 5.78 Å². The number of nitrogen functional groups attached to an aromatic ring is 1. The van der Waals surface area contributed by atoms with Crippen LogP contribution in [0, 0.1) is 6.85 Å². The van der Waals surface area contributed by atoms with E-state index in [4.69, 9.17) is 14.0 Å². The summed E-state index contributed by atoms with van der Waals surface area (Å²) >= 11 is 0. The van der Waals surface area contributed by atoms with Gasteiger partial charge in [-0.15, -0.1) is 0 Å². The zero-order valence-electron chi connectivity index (χ0n) is 16.8. The molecule has 6 heteroatoms. The van der Waals surface area contributed by atoms with Gasteiger partial charge in [0.25, 0.3) is 5.56 Å². The van der Waals surface area contributed by atoms with Gasteiger partial charge in [0.1, 0.15) is 11.6 Å². The van der Waals surface area contributed by atoms with Gasteiger partial charge in [0.2, 0.25) is 0 Å². The molecule has 1 fully saturated rings. The van der Waals surface area contributed by atoms with Crippen LogP contribution >= 0.6 is 0 Å². The molecule has 2 aromatic rings. The summed E-state index contributed by atoms with van der Waals surface area (Å²) in [6, 6.07) is -0.416. The van der Waals surface area contributed by atoms with E-state index in [1.54, 1.807) is 0 Å². The standard InChI is InChI=1S/C15H15N3O3/c1-8-17-11-4-2-3-10(16)14(11)15(21)18(8)12-6-5-9(19)7-13(12)20/h2-4,12H,5-7,16H2,1H3/i1D3,2D,6D,12D. The van der Waals surface area contributed by atoms with E-state index >= 15 is 0 Å². The lowest BCUT2D eigenvalue weighted by molar-refractivity contribution is -0.132. The highest BCUT2D eigenvalue weighted by Gasteiger charge is 2.30. The molecule has 1 heterocycles. The topological polar surface area (TPSA) is 95.0 Å². The number of rotatable bonds is 1. The third kappa shape index (κ3) is 2.12. The van der Waals surface area contributed by atoms with Gasteiger partial charge in [-0.3, -0.25) is 19.0 Å². The fourth-order valence-corrected chi connectivity index (χ4v) is 2.30. The van der Waals surface area contributed by atoms with Gasteiger partial charge >= 0.3 is 0 Å². The van der Waals surface area contributed by atoms with E-state index in [9.17, 15) is 14.4 Å². The predicted molar refractivity (Wildman–Crippen MR) is 78.1 cm³/mol. The monoisotopic (exact) mass is 291 g/mol. The Bertz CT molecular complexity index is 1050. The Balaban J connectivity index is 2.48. The first-order valence-corrected chi connectivity index (χ1v) is 6.18. The number of benzene rings is 1. The number of Topliss-reactive ketones (excluding diaryl/α,β-unsaturated/α-hetero) is 2. The Morgan fingerprint density at radius 2 is 2.33 bits per heavy atom. The second kappa shape index (κ2) is 4.80. The molecule has 2 N–H and O–H groups in total. The van der Waals surface area contributed by atoms with Crippen LogP contribution in [-0.2, 0) is 9.59 Å². The molecule has 0 aliphatic heterocycles. The fraction of sp³-hybridized carbons (Fsp3) is 0.333. The van der Waals surface area contributed by atoms with Crippen molar-refractivity contribution < 1.29 is 17.8 Å². The molecule has 21 heavy (non-hydrogen) atoms. The SMILES string of the molecule is [2H]c1cc(N)c2c(=O)n(C3([2H])C(=O)CC(=O)CC3[2H])c(C([2H])([2H])[2H])nc2c1. The normalized spacial score (nSPS) is 31.0. The summed E-state index contributed by atoms with van der Waals surface area (Å²) in [6.07, 6.45) is -2.83. The van der Waals surface area contributed by atoms with Crippen molar-refractivity contribution >= 4 is 28.2 Å². The number of ketones is 2. The van der Waals surface area contributed by atoms with E-state index < -0.39 is 55.1 Å². The van der Waals surface area contributed by atoms with Crippen LogP contribution in [0.25, 0.3) is 10.9 Å². The molecule has 0 spiro atoms. The van der Waals surface area contributed by atoms with Crippen molar-refractivity contribution in [2.24, 2.45) is 0 Å². The summed E-state index contributed by atoms with van der Waals surface area (Å²) in [5.41, 5.74) is 4.40. The Hall–Kier alpha value is -2.50. The molecule has 0 amide bonds. The molecule has 3 rings (SSSR count). The van der Waals surface area contributed by atoms with E-state index in [1.165, 1.54) is 0 Å². The molecular formula is C15H15N3O3. The van der Waals surface area contributed by atoms with Gasteiger partial charge in [0, 0.05) is 17.6 Å². The largest absolute Gasteiger partial charge is 0.398 e. The molecule has 108 valence electrons. The fourth-order valence-electron chi connectivity index (χ4n) is 2.30. The molecule has 1 aromatic heterocycles. The highest BCUT2D eigenvalue weighted by Crippen LogP contribution is 2.24. The molecule has 1 aliphatic carbocycles. The average Bonchev–Trinajstić information content (AvgIpc) is 2.50. The third-order valence-corrected chi connectivity index (χ3v) is 3.27. The first kappa shape index (κ1) is 8.07. The van der Waals surface area contributed by atoms with Crippen LogP contribution in [-0.4, -0.2) is 21.1 Å². The molecule has 2 unspecified atom stereocenters.